The summed E-state index contributed by atoms with van der Waals surface area (Å²) in [4.78, 5) is 34.8. The van der Waals surface area contributed by atoms with E-state index in [1.165, 1.54) is 17.8 Å². The number of hydrogen-bond donors (Lipinski definition) is 1. The molecular weight excluding hydrogens is 407 g/mol. The Morgan fingerprint density at radius 2 is 1.84 bits per heavy atom. The van der Waals surface area contributed by atoms with E-state index in [9.17, 15) is 14.0 Å². The van der Waals surface area contributed by atoms with Crippen molar-refractivity contribution in [3.8, 4) is 0 Å². The molecule has 166 valence electrons. The average molecular weight is 435 g/mol. The molecule has 2 amide bonds. The highest BCUT2D eigenvalue weighted by Gasteiger charge is 2.37. The minimum absolute atomic E-state index is 0.0253. The molecule has 2 fully saturated rings. The summed E-state index contributed by atoms with van der Waals surface area (Å²) < 4.78 is 13.6. The molecule has 2 aliphatic heterocycles. The highest BCUT2D eigenvalue weighted by atomic mass is 19.1. The Labute approximate surface area is 186 Å². The van der Waals surface area contributed by atoms with Crippen LogP contribution < -0.4 is 4.90 Å². The standard InChI is InChI=1S/C25H27FN4O2/c26-20-6-7-23-22(15-20)18(16-27-23)8-9-30-17-19(14-24(30)31)25(32)29-12-10-28(11-13-29)21-4-2-1-3-5-21/h1-7,15-16,19,27H,8-14,17H2/t19-/m1/s1. The van der Waals surface area contributed by atoms with Crippen LogP contribution in [0.25, 0.3) is 10.9 Å². The van der Waals surface area contributed by atoms with E-state index in [0.29, 0.717) is 32.6 Å². The van der Waals surface area contributed by atoms with Crippen LogP contribution in [0.15, 0.2) is 54.7 Å². The summed E-state index contributed by atoms with van der Waals surface area (Å²) in [6.07, 6.45) is 2.78. The second kappa shape index (κ2) is 8.65. The van der Waals surface area contributed by atoms with Crippen LogP contribution >= 0.6 is 0 Å². The van der Waals surface area contributed by atoms with Gasteiger partial charge in [-0.3, -0.25) is 9.59 Å². The molecule has 0 bridgehead atoms. The zero-order valence-corrected chi connectivity index (χ0v) is 18.0. The predicted molar refractivity (Wildman–Crippen MR) is 122 cm³/mol. The van der Waals surface area contributed by atoms with Crippen molar-refractivity contribution >= 4 is 28.4 Å². The number of piperazine rings is 1. The van der Waals surface area contributed by atoms with Crippen LogP contribution in [0.2, 0.25) is 0 Å². The number of rotatable bonds is 5. The number of fused-ring (bicyclic) bond motifs is 1. The van der Waals surface area contributed by atoms with Crippen LogP contribution in [-0.4, -0.2) is 65.9 Å². The molecule has 1 atom stereocenters. The Kier molecular flexibility index (Phi) is 5.55. The van der Waals surface area contributed by atoms with Crippen molar-refractivity contribution in [1.82, 2.24) is 14.8 Å². The van der Waals surface area contributed by atoms with Crippen molar-refractivity contribution in [3.63, 3.8) is 0 Å². The smallest absolute Gasteiger partial charge is 0.228 e. The summed E-state index contributed by atoms with van der Waals surface area (Å²) in [5.41, 5.74) is 3.05. The number of amides is 2. The maximum Gasteiger partial charge on any atom is 0.228 e. The highest BCUT2D eigenvalue weighted by molar-refractivity contribution is 5.89. The lowest BCUT2D eigenvalue weighted by Crippen LogP contribution is -2.50. The fraction of sp³-hybridized carbons (Fsp3) is 0.360. The number of para-hydroxylation sites is 1. The average Bonchev–Trinajstić information content (AvgIpc) is 3.40. The van der Waals surface area contributed by atoms with Gasteiger partial charge in [-0.1, -0.05) is 18.2 Å². The first-order chi connectivity index (χ1) is 15.6. The highest BCUT2D eigenvalue weighted by Crippen LogP contribution is 2.24. The van der Waals surface area contributed by atoms with Crippen LogP contribution in [0, 0.1) is 11.7 Å². The first-order valence-electron chi connectivity index (χ1n) is 11.2. The maximum atomic E-state index is 13.6. The molecule has 0 saturated carbocycles. The molecule has 32 heavy (non-hydrogen) atoms. The summed E-state index contributed by atoms with van der Waals surface area (Å²) >= 11 is 0. The molecule has 3 aromatic rings. The van der Waals surface area contributed by atoms with Gasteiger partial charge in [0.25, 0.3) is 0 Å². The van der Waals surface area contributed by atoms with Gasteiger partial charge in [-0.15, -0.1) is 0 Å². The van der Waals surface area contributed by atoms with E-state index in [2.05, 4.69) is 22.0 Å². The van der Waals surface area contributed by atoms with Gasteiger partial charge in [0.05, 0.1) is 5.92 Å². The monoisotopic (exact) mass is 434 g/mol. The zero-order valence-electron chi connectivity index (χ0n) is 18.0. The van der Waals surface area contributed by atoms with Gasteiger partial charge in [-0.25, -0.2) is 4.39 Å². The summed E-state index contributed by atoms with van der Waals surface area (Å²) in [6.45, 7) is 3.97. The lowest BCUT2D eigenvalue weighted by Gasteiger charge is -2.37. The number of benzene rings is 2. The summed E-state index contributed by atoms with van der Waals surface area (Å²) in [7, 11) is 0. The number of nitrogens with zero attached hydrogens (tertiary/aromatic N) is 3. The molecule has 1 aromatic heterocycles. The maximum absolute atomic E-state index is 13.6. The molecule has 2 saturated heterocycles. The molecular formula is C25H27FN4O2. The number of anilines is 1. The SMILES string of the molecule is O=C1C[C@@H](C(=O)N2CCN(c3ccccc3)CC2)CN1CCc1c[nH]c2ccc(F)cc12. The minimum Gasteiger partial charge on any atom is -0.368 e. The van der Waals surface area contributed by atoms with Gasteiger partial charge in [0, 0.05) is 68.5 Å². The van der Waals surface area contributed by atoms with Gasteiger partial charge in [0.15, 0.2) is 0 Å². The number of halogens is 1. The van der Waals surface area contributed by atoms with E-state index >= 15 is 0 Å². The number of likely N-dealkylation sites (tertiary alicyclic amines) is 1. The van der Waals surface area contributed by atoms with Crippen molar-refractivity contribution in [1.29, 1.82) is 0 Å². The Bertz CT molecular complexity index is 1120. The molecule has 7 heteroatoms. The lowest BCUT2D eigenvalue weighted by atomic mass is 10.1. The predicted octanol–water partition coefficient (Wildman–Crippen LogP) is 3.05. The number of carbonyl (C=O) groups excluding carboxylic acids is 2. The molecule has 0 radical (unpaired) electrons. The molecule has 3 heterocycles. The Morgan fingerprint density at radius 1 is 1.06 bits per heavy atom. The Hall–Kier alpha value is -3.35. The summed E-state index contributed by atoms with van der Waals surface area (Å²) in [6, 6.07) is 14.9. The molecule has 0 spiro atoms. The van der Waals surface area contributed by atoms with E-state index in [0.717, 1.165) is 29.6 Å². The van der Waals surface area contributed by atoms with E-state index in [4.69, 9.17) is 0 Å². The Balaban J connectivity index is 1.16. The van der Waals surface area contributed by atoms with Crippen molar-refractivity contribution in [2.75, 3.05) is 44.2 Å². The first-order valence-corrected chi connectivity index (χ1v) is 11.2. The number of aromatic amines is 1. The minimum atomic E-state index is -0.272. The van der Waals surface area contributed by atoms with Gasteiger partial charge in [-0.2, -0.15) is 0 Å². The first kappa shape index (κ1) is 20.5. The molecule has 0 aliphatic carbocycles. The van der Waals surface area contributed by atoms with E-state index in [-0.39, 0.29) is 30.0 Å². The number of hydrogen-bond acceptors (Lipinski definition) is 3. The third-order valence-electron chi connectivity index (χ3n) is 6.66. The molecule has 0 unspecified atom stereocenters. The number of nitrogens with one attached hydrogen (secondary N) is 1. The van der Waals surface area contributed by atoms with E-state index in [1.807, 2.05) is 29.3 Å². The van der Waals surface area contributed by atoms with E-state index in [1.54, 1.807) is 11.0 Å². The van der Waals surface area contributed by atoms with E-state index < -0.39 is 0 Å². The molecule has 5 rings (SSSR count). The summed E-state index contributed by atoms with van der Waals surface area (Å²) in [5, 5.41) is 0.848. The number of H-pyrrole nitrogens is 1. The van der Waals surface area contributed by atoms with Gasteiger partial charge < -0.3 is 19.7 Å². The summed E-state index contributed by atoms with van der Waals surface area (Å²) in [5.74, 6) is -0.431. The largest absolute Gasteiger partial charge is 0.368 e. The van der Waals surface area contributed by atoms with Gasteiger partial charge in [0.1, 0.15) is 5.82 Å². The molecule has 2 aliphatic rings. The number of aromatic nitrogens is 1. The normalized spacial score (nSPS) is 19.2. The second-order valence-corrected chi connectivity index (χ2v) is 8.64. The van der Waals surface area contributed by atoms with Crippen LogP contribution in [0.4, 0.5) is 10.1 Å². The van der Waals surface area contributed by atoms with Crippen LogP contribution in [0.5, 0.6) is 0 Å². The quantitative estimate of drug-likeness (QED) is 0.672. The van der Waals surface area contributed by atoms with Crippen molar-refractivity contribution in [2.24, 2.45) is 5.92 Å². The van der Waals surface area contributed by atoms with Crippen LogP contribution in [0.1, 0.15) is 12.0 Å². The lowest BCUT2D eigenvalue weighted by molar-refractivity contribution is -0.136. The molecule has 2 aromatic carbocycles. The molecule has 1 N–H and O–H groups in total. The van der Waals surface area contributed by atoms with Crippen LogP contribution in [0.3, 0.4) is 0 Å². The third kappa shape index (κ3) is 4.07. The third-order valence-corrected chi connectivity index (χ3v) is 6.66. The fourth-order valence-corrected chi connectivity index (χ4v) is 4.85. The van der Waals surface area contributed by atoms with Gasteiger partial charge in [0.2, 0.25) is 11.8 Å². The van der Waals surface area contributed by atoms with Crippen molar-refractivity contribution in [3.05, 3.63) is 66.1 Å². The van der Waals surface area contributed by atoms with Gasteiger partial charge >= 0.3 is 0 Å². The Morgan fingerprint density at radius 3 is 2.62 bits per heavy atom. The second-order valence-electron chi connectivity index (χ2n) is 8.64. The van der Waals surface area contributed by atoms with Crippen molar-refractivity contribution < 1.29 is 14.0 Å². The topological polar surface area (TPSA) is 59.7 Å². The fourth-order valence-electron chi connectivity index (χ4n) is 4.85. The number of carbonyl (C=O) groups is 2. The van der Waals surface area contributed by atoms with Crippen molar-refractivity contribution in [2.45, 2.75) is 12.8 Å². The zero-order chi connectivity index (χ0) is 22.1. The van der Waals surface area contributed by atoms with Crippen LogP contribution in [-0.2, 0) is 16.0 Å². The van der Waals surface area contributed by atoms with Gasteiger partial charge in [-0.05, 0) is 42.3 Å². The molecule has 6 nitrogen and oxygen atoms in total.